The number of nitrogens with one attached hydrogen (secondary N) is 1. The average molecular weight is 160 g/mol. The van der Waals surface area contributed by atoms with Crippen molar-refractivity contribution < 1.29 is 4.79 Å². The molecule has 2 aromatic rings. The third kappa shape index (κ3) is 0.830. The van der Waals surface area contributed by atoms with E-state index >= 15 is 0 Å². The molecule has 0 bridgehead atoms. The minimum absolute atomic E-state index is 0.715. The Kier molecular flexibility index (Phi) is 1.43. The third-order valence-electron chi connectivity index (χ3n) is 2.05. The number of benzene rings is 1. The summed E-state index contributed by atoms with van der Waals surface area (Å²) in [6, 6.07) is 3.69. The van der Waals surface area contributed by atoms with Crippen LogP contribution in [0.5, 0.6) is 0 Å². The van der Waals surface area contributed by atoms with Crippen LogP contribution in [-0.2, 0) is 0 Å². The highest BCUT2D eigenvalue weighted by atomic mass is 16.1. The zero-order valence-electron chi connectivity index (χ0n) is 6.66. The molecule has 1 N–H and O–H groups in total. The molecule has 0 fully saturated rings. The maximum Gasteiger partial charge on any atom is 0.150 e. The zero-order valence-corrected chi connectivity index (χ0v) is 6.66. The Morgan fingerprint density at radius 2 is 2.33 bits per heavy atom. The number of carbonyl (C=O) groups excluding carboxylic acids is 1. The molecule has 2 rings (SSSR count). The SMILES string of the molecule is Cc1c(C=O)ccc2cn[nH]c12. The highest BCUT2D eigenvalue weighted by Gasteiger charge is 2.02. The van der Waals surface area contributed by atoms with Crippen LogP contribution in [0, 0.1) is 6.92 Å². The fraction of sp³-hybridized carbons (Fsp3) is 0.111. The second-order valence-corrected chi connectivity index (χ2v) is 2.73. The lowest BCUT2D eigenvalue weighted by Gasteiger charge is -1.97. The number of carbonyl (C=O) groups is 1. The number of H-pyrrole nitrogens is 1. The summed E-state index contributed by atoms with van der Waals surface area (Å²) in [6.45, 7) is 1.91. The third-order valence-corrected chi connectivity index (χ3v) is 2.05. The Hall–Kier alpha value is -1.64. The van der Waals surface area contributed by atoms with Crippen LogP contribution in [0.2, 0.25) is 0 Å². The van der Waals surface area contributed by atoms with E-state index in [2.05, 4.69) is 10.2 Å². The summed E-state index contributed by atoms with van der Waals surface area (Å²) in [5.74, 6) is 0. The van der Waals surface area contributed by atoms with E-state index in [1.165, 1.54) is 0 Å². The van der Waals surface area contributed by atoms with Crippen molar-refractivity contribution in [1.29, 1.82) is 0 Å². The smallest absolute Gasteiger partial charge is 0.150 e. The first-order valence-electron chi connectivity index (χ1n) is 3.71. The first-order chi connectivity index (χ1) is 5.83. The molecule has 0 aliphatic heterocycles. The molecule has 3 nitrogen and oxygen atoms in total. The number of nitrogens with zero attached hydrogens (tertiary/aromatic N) is 1. The van der Waals surface area contributed by atoms with E-state index in [-0.39, 0.29) is 0 Å². The van der Waals surface area contributed by atoms with Crippen LogP contribution >= 0.6 is 0 Å². The molecule has 0 amide bonds. The van der Waals surface area contributed by atoms with Crippen LogP contribution in [0.25, 0.3) is 10.9 Å². The standard InChI is InChI=1S/C9H8N2O/c1-6-8(5-12)3-2-7-4-10-11-9(6)7/h2-5H,1H3,(H,10,11). The Labute approximate surface area is 69.4 Å². The number of aryl methyl sites for hydroxylation is 1. The summed E-state index contributed by atoms with van der Waals surface area (Å²) in [4.78, 5) is 10.6. The maximum atomic E-state index is 10.6. The van der Waals surface area contributed by atoms with Gasteiger partial charge in [-0.05, 0) is 12.5 Å². The van der Waals surface area contributed by atoms with E-state index in [1.807, 2.05) is 13.0 Å². The lowest BCUT2D eigenvalue weighted by atomic mass is 10.1. The van der Waals surface area contributed by atoms with E-state index < -0.39 is 0 Å². The van der Waals surface area contributed by atoms with E-state index in [4.69, 9.17) is 0 Å². The molecule has 0 saturated heterocycles. The van der Waals surface area contributed by atoms with Gasteiger partial charge in [0, 0.05) is 10.9 Å². The van der Waals surface area contributed by atoms with Crippen molar-refractivity contribution in [3.05, 3.63) is 29.5 Å². The lowest BCUT2D eigenvalue weighted by molar-refractivity contribution is 0.112. The summed E-state index contributed by atoms with van der Waals surface area (Å²) < 4.78 is 0. The maximum absolute atomic E-state index is 10.6. The predicted molar refractivity (Wildman–Crippen MR) is 46.2 cm³/mol. The molecular formula is C9H8N2O. The van der Waals surface area contributed by atoms with Crippen LogP contribution in [0.4, 0.5) is 0 Å². The number of aromatic nitrogens is 2. The molecule has 0 aliphatic carbocycles. The molecule has 0 saturated carbocycles. The van der Waals surface area contributed by atoms with E-state index in [1.54, 1.807) is 12.3 Å². The summed E-state index contributed by atoms with van der Waals surface area (Å²) in [7, 11) is 0. The van der Waals surface area contributed by atoms with Gasteiger partial charge in [-0.2, -0.15) is 5.10 Å². The molecule has 12 heavy (non-hydrogen) atoms. The Morgan fingerprint density at radius 1 is 1.50 bits per heavy atom. The van der Waals surface area contributed by atoms with Gasteiger partial charge in [-0.25, -0.2) is 0 Å². The van der Waals surface area contributed by atoms with Crippen molar-refractivity contribution in [3.8, 4) is 0 Å². The summed E-state index contributed by atoms with van der Waals surface area (Å²) in [5.41, 5.74) is 2.62. The van der Waals surface area contributed by atoms with Gasteiger partial charge in [0.1, 0.15) is 6.29 Å². The van der Waals surface area contributed by atoms with Crippen molar-refractivity contribution in [1.82, 2.24) is 10.2 Å². The van der Waals surface area contributed by atoms with Crippen LogP contribution in [0.3, 0.4) is 0 Å². The van der Waals surface area contributed by atoms with Crippen LogP contribution < -0.4 is 0 Å². The topological polar surface area (TPSA) is 45.8 Å². The van der Waals surface area contributed by atoms with Crippen molar-refractivity contribution in [2.24, 2.45) is 0 Å². The molecular weight excluding hydrogens is 152 g/mol. The molecule has 1 aromatic heterocycles. The minimum atomic E-state index is 0.715. The van der Waals surface area contributed by atoms with Crippen molar-refractivity contribution >= 4 is 17.2 Å². The predicted octanol–water partition coefficient (Wildman–Crippen LogP) is 1.68. The van der Waals surface area contributed by atoms with Crippen LogP contribution in [-0.4, -0.2) is 16.5 Å². The van der Waals surface area contributed by atoms with Crippen molar-refractivity contribution in [2.45, 2.75) is 6.92 Å². The van der Waals surface area contributed by atoms with Gasteiger partial charge < -0.3 is 0 Å². The number of hydrogen-bond acceptors (Lipinski definition) is 2. The monoisotopic (exact) mass is 160 g/mol. The molecule has 0 atom stereocenters. The summed E-state index contributed by atoms with van der Waals surface area (Å²) in [5, 5.41) is 7.79. The van der Waals surface area contributed by atoms with Gasteiger partial charge >= 0.3 is 0 Å². The van der Waals surface area contributed by atoms with E-state index in [0.29, 0.717) is 5.56 Å². The largest absolute Gasteiger partial charge is 0.298 e. The van der Waals surface area contributed by atoms with Gasteiger partial charge in [-0.1, -0.05) is 12.1 Å². The van der Waals surface area contributed by atoms with Gasteiger partial charge in [-0.3, -0.25) is 9.89 Å². The fourth-order valence-electron chi connectivity index (χ4n) is 1.30. The molecule has 0 radical (unpaired) electrons. The van der Waals surface area contributed by atoms with Crippen LogP contribution in [0.15, 0.2) is 18.3 Å². The van der Waals surface area contributed by atoms with Gasteiger partial charge in [0.05, 0.1) is 11.7 Å². The highest BCUT2D eigenvalue weighted by molar-refractivity contribution is 5.90. The van der Waals surface area contributed by atoms with Gasteiger partial charge in [0.15, 0.2) is 0 Å². The van der Waals surface area contributed by atoms with Crippen molar-refractivity contribution in [3.63, 3.8) is 0 Å². The summed E-state index contributed by atoms with van der Waals surface area (Å²) in [6.07, 6.45) is 2.60. The normalized spacial score (nSPS) is 10.4. The molecule has 3 heteroatoms. The highest BCUT2D eigenvalue weighted by Crippen LogP contribution is 2.17. The quantitative estimate of drug-likeness (QED) is 0.645. The van der Waals surface area contributed by atoms with E-state index in [9.17, 15) is 4.79 Å². The molecule has 0 aliphatic rings. The number of rotatable bonds is 1. The molecule has 0 spiro atoms. The van der Waals surface area contributed by atoms with Crippen molar-refractivity contribution in [2.75, 3.05) is 0 Å². The molecule has 1 heterocycles. The first kappa shape index (κ1) is 7.03. The Morgan fingerprint density at radius 3 is 3.08 bits per heavy atom. The number of aromatic amines is 1. The van der Waals surface area contributed by atoms with Crippen LogP contribution in [0.1, 0.15) is 15.9 Å². The minimum Gasteiger partial charge on any atom is -0.298 e. The molecule has 1 aromatic carbocycles. The van der Waals surface area contributed by atoms with Gasteiger partial charge in [0.2, 0.25) is 0 Å². The molecule has 0 unspecified atom stereocenters. The molecule has 60 valence electrons. The van der Waals surface area contributed by atoms with Gasteiger partial charge in [-0.15, -0.1) is 0 Å². The Balaban J connectivity index is 2.86. The summed E-state index contributed by atoms with van der Waals surface area (Å²) >= 11 is 0. The lowest BCUT2D eigenvalue weighted by Crippen LogP contribution is -1.86. The Bertz CT molecular complexity index is 431. The van der Waals surface area contributed by atoms with E-state index in [0.717, 1.165) is 22.8 Å². The fourth-order valence-corrected chi connectivity index (χ4v) is 1.30. The van der Waals surface area contributed by atoms with Gasteiger partial charge in [0.25, 0.3) is 0 Å². The zero-order chi connectivity index (χ0) is 8.55. The number of hydrogen-bond donors (Lipinski definition) is 1. The second-order valence-electron chi connectivity index (χ2n) is 2.73. The average Bonchev–Trinajstić information content (AvgIpc) is 2.53. The number of aldehydes is 1. The second kappa shape index (κ2) is 2.44. The number of fused-ring (bicyclic) bond motifs is 1. The first-order valence-corrected chi connectivity index (χ1v) is 3.71.